The van der Waals surface area contributed by atoms with Gasteiger partial charge in [-0.1, -0.05) is 13.8 Å². The lowest BCUT2D eigenvalue weighted by atomic mass is 10.1. The second-order valence-corrected chi connectivity index (χ2v) is 4.12. The normalized spacial score (nSPS) is 35.9. The maximum atomic E-state index is 9.10. The molecule has 2 heteroatoms. The van der Waals surface area contributed by atoms with Gasteiger partial charge in [-0.05, 0) is 24.7 Å². The van der Waals surface area contributed by atoms with Crippen molar-refractivity contribution in [3.8, 4) is 6.07 Å². The smallest absolute Gasteiger partial charge is 0.0664 e. The number of rotatable bonds is 2. The highest BCUT2D eigenvalue weighted by molar-refractivity contribution is 5.15. The van der Waals surface area contributed by atoms with Crippen LogP contribution < -0.4 is 0 Å². The quantitative estimate of drug-likeness (QED) is 0.654. The third-order valence-electron chi connectivity index (χ3n) is 2.78. The Hall–Kier alpha value is -0.550. The van der Waals surface area contributed by atoms with Crippen LogP contribution in [0.2, 0.25) is 0 Å². The Balaban J connectivity index is 2.48. The molecule has 0 radical (unpaired) electrons. The zero-order valence-corrected chi connectivity index (χ0v) is 7.33. The second-order valence-electron chi connectivity index (χ2n) is 4.12. The Morgan fingerprint density at radius 3 is 2.45 bits per heavy atom. The van der Waals surface area contributed by atoms with Crippen LogP contribution in [-0.4, -0.2) is 11.2 Å². The van der Waals surface area contributed by atoms with Gasteiger partial charge < -0.3 is 5.11 Å². The highest BCUT2D eigenvalue weighted by atomic mass is 16.3. The lowest BCUT2D eigenvalue weighted by Gasteiger charge is -2.03. The third kappa shape index (κ3) is 1.39. The highest BCUT2D eigenvalue weighted by Crippen LogP contribution is 2.59. The predicted octanol–water partition coefficient (Wildman–Crippen LogP) is 1.55. The van der Waals surface area contributed by atoms with E-state index in [1.807, 2.05) is 0 Å². The van der Waals surface area contributed by atoms with Crippen molar-refractivity contribution in [2.24, 2.45) is 17.3 Å². The molecule has 62 valence electrons. The number of nitrogens with zero attached hydrogens (tertiary/aromatic N) is 1. The lowest BCUT2D eigenvalue weighted by molar-refractivity contribution is 0.171. The first kappa shape index (κ1) is 8.55. The SMILES string of the molecule is C[C@@H](O)C[C@H]1[C@@H](C#N)C1(C)C. The summed E-state index contributed by atoms with van der Waals surface area (Å²) in [4.78, 5) is 0. The number of aliphatic hydroxyl groups excluding tert-OH is 1. The van der Waals surface area contributed by atoms with Gasteiger partial charge in [-0.3, -0.25) is 0 Å². The van der Waals surface area contributed by atoms with Gasteiger partial charge in [0.25, 0.3) is 0 Å². The summed E-state index contributed by atoms with van der Waals surface area (Å²) >= 11 is 0. The molecule has 0 heterocycles. The Morgan fingerprint density at radius 1 is 1.64 bits per heavy atom. The van der Waals surface area contributed by atoms with Crippen molar-refractivity contribution in [3.63, 3.8) is 0 Å². The van der Waals surface area contributed by atoms with Gasteiger partial charge in [0.05, 0.1) is 18.1 Å². The summed E-state index contributed by atoms with van der Waals surface area (Å²) in [7, 11) is 0. The van der Waals surface area contributed by atoms with Crippen LogP contribution >= 0.6 is 0 Å². The molecule has 0 amide bonds. The molecule has 0 aliphatic heterocycles. The van der Waals surface area contributed by atoms with Crippen LogP contribution in [0.3, 0.4) is 0 Å². The Morgan fingerprint density at radius 2 is 2.18 bits per heavy atom. The van der Waals surface area contributed by atoms with E-state index in [0.29, 0.717) is 5.92 Å². The summed E-state index contributed by atoms with van der Waals surface area (Å²) in [5.74, 6) is 0.574. The van der Waals surface area contributed by atoms with Crippen molar-refractivity contribution >= 4 is 0 Å². The number of hydrogen-bond acceptors (Lipinski definition) is 2. The summed E-state index contributed by atoms with van der Waals surface area (Å²) in [5.41, 5.74) is 0.145. The molecule has 0 spiro atoms. The van der Waals surface area contributed by atoms with Crippen LogP contribution in [0, 0.1) is 28.6 Å². The third-order valence-corrected chi connectivity index (χ3v) is 2.78. The Kier molecular flexibility index (Phi) is 1.94. The molecular formula is C9H15NO. The summed E-state index contributed by atoms with van der Waals surface area (Å²) in [6.45, 7) is 5.96. The molecule has 2 nitrogen and oxygen atoms in total. The van der Waals surface area contributed by atoms with Crippen molar-refractivity contribution in [2.45, 2.75) is 33.3 Å². The van der Waals surface area contributed by atoms with Crippen LogP contribution in [0.4, 0.5) is 0 Å². The van der Waals surface area contributed by atoms with Crippen molar-refractivity contribution in [1.82, 2.24) is 0 Å². The monoisotopic (exact) mass is 153 g/mol. The largest absolute Gasteiger partial charge is 0.393 e. The van der Waals surface area contributed by atoms with Crippen LogP contribution in [0.5, 0.6) is 0 Å². The minimum Gasteiger partial charge on any atom is -0.393 e. The van der Waals surface area contributed by atoms with Crippen molar-refractivity contribution in [2.75, 3.05) is 0 Å². The number of aliphatic hydroxyl groups is 1. The van der Waals surface area contributed by atoms with Crippen LogP contribution in [0.25, 0.3) is 0 Å². The zero-order valence-electron chi connectivity index (χ0n) is 7.33. The molecule has 0 aromatic rings. The molecule has 1 fully saturated rings. The molecule has 0 aromatic carbocycles. The maximum absolute atomic E-state index is 9.10. The van der Waals surface area contributed by atoms with Gasteiger partial charge in [-0.15, -0.1) is 0 Å². The van der Waals surface area contributed by atoms with Crippen molar-refractivity contribution in [1.29, 1.82) is 5.26 Å². The topological polar surface area (TPSA) is 44.0 Å². The van der Waals surface area contributed by atoms with Gasteiger partial charge in [0.2, 0.25) is 0 Å². The summed E-state index contributed by atoms with van der Waals surface area (Å²) in [5, 5.41) is 17.8. The molecule has 1 saturated carbocycles. The van der Waals surface area contributed by atoms with E-state index in [0.717, 1.165) is 6.42 Å². The lowest BCUT2D eigenvalue weighted by Crippen LogP contribution is -2.03. The summed E-state index contributed by atoms with van der Waals surface area (Å²) in [6, 6.07) is 2.27. The van der Waals surface area contributed by atoms with Gasteiger partial charge in [-0.25, -0.2) is 0 Å². The van der Waals surface area contributed by atoms with E-state index in [9.17, 15) is 0 Å². The highest BCUT2D eigenvalue weighted by Gasteiger charge is 2.57. The fraction of sp³-hybridized carbons (Fsp3) is 0.889. The standard InChI is InChI=1S/C9H15NO/c1-6(11)4-7-8(5-10)9(7,2)3/h6-8,11H,4H2,1-3H3/t6-,7+,8-/m1/s1. The average Bonchev–Trinajstić information content (AvgIpc) is 2.33. The Labute approximate surface area is 67.8 Å². The molecule has 1 rings (SSSR count). The first-order valence-electron chi connectivity index (χ1n) is 4.08. The van der Waals surface area contributed by atoms with Gasteiger partial charge in [-0.2, -0.15) is 5.26 Å². The first-order valence-corrected chi connectivity index (χ1v) is 4.08. The summed E-state index contributed by atoms with van der Waals surface area (Å²) in [6.07, 6.45) is 0.503. The van der Waals surface area contributed by atoms with E-state index in [1.54, 1.807) is 6.92 Å². The fourth-order valence-corrected chi connectivity index (χ4v) is 1.81. The minimum atomic E-state index is -0.266. The summed E-state index contributed by atoms with van der Waals surface area (Å²) < 4.78 is 0. The molecule has 3 atom stereocenters. The van der Waals surface area contributed by atoms with Crippen LogP contribution in [-0.2, 0) is 0 Å². The Bertz CT molecular complexity index is 190. The molecule has 1 N–H and O–H groups in total. The molecule has 0 unspecified atom stereocenters. The van der Waals surface area contributed by atoms with Crippen molar-refractivity contribution < 1.29 is 5.11 Å². The van der Waals surface area contributed by atoms with Crippen LogP contribution in [0.1, 0.15) is 27.2 Å². The zero-order chi connectivity index (χ0) is 8.65. The van der Waals surface area contributed by atoms with E-state index in [2.05, 4.69) is 19.9 Å². The second kappa shape index (κ2) is 2.49. The van der Waals surface area contributed by atoms with Gasteiger partial charge >= 0.3 is 0 Å². The molecule has 1 aliphatic rings. The molecule has 0 aromatic heterocycles. The first-order chi connectivity index (χ1) is 5.00. The van der Waals surface area contributed by atoms with Crippen LogP contribution in [0.15, 0.2) is 0 Å². The fourth-order valence-electron chi connectivity index (χ4n) is 1.81. The molecular weight excluding hydrogens is 138 g/mol. The van der Waals surface area contributed by atoms with E-state index in [1.165, 1.54) is 0 Å². The van der Waals surface area contributed by atoms with E-state index in [4.69, 9.17) is 10.4 Å². The van der Waals surface area contributed by atoms with E-state index >= 15 is 0 Å². The molecule has 1 aliphatic carbocycles. The van der Waals surface area contributed by atoms with E-state index < -0.39 is 0 Å². The molecule has 11 heavy (non-hydrogen) atoms. The average molecular weight is 153 g/mol. The van der Waals surface area contributed by atoms with E-state index in [-0.39, 0.29) is 17.4 Å². The van der Waals surface area contributed by atoms with Gasteiger partial charge in [0, 0.05) is 0 Å². The molecule has 0 bridgehead atoms. The molecule has 0 saturated heterocycles. The number of hydrogen-bond donors (Lipinski definition) is 1. The predicted molar refractivity (Wildman–Crippen MR) is 42.7 cm³/mol. The maximum Gasteiger partial charge on any atom is 0.0664 e. The minimum absolute atomic E-state index is 0.145. The van der Waals surface area contributed by atoms with Gasteiger partial charge in [0.1, 0.15) is 0 Å². The van der Waals surface area contributed by atoms with Gasteiger partial charge in [0.15, 0.2) is 0 Å². The number of nitriles is 1. The van der Waals surface area contributed by atoms with Crippen molar-refractivity contribution in [3.05, 3.63) is 0 Å².